The number of rotatable bonds is 6. The molecule has 0 fully saturated rings. The summed E-state index contributed by atoms with van der Waals surface area (Å²) in [6, 6.07) is 6.89. The molecule has 0 radical (unpaired) electrons. The molecule has 0 aliphatic rings. The van der Waals surface area contributed by atoms with Crippen LogP contribution >= 0.6 is 11.3 Å². The highest BCUT2D eigenvalue weighted by Gasteiger charge is 2.16. The lowest BCUT2D eigenvalue weighted by Gasteiger charge is -2.17. The van der Waals surface area contributed by atoms with Crippen molar-refractivity contribution < 1.29 is 0 Å². The van der Waals surface area contributed by atoms with E-state index < -0.39 is 0 Å². The molecular formula is C14H21N3S. The topological polar surface area (TPSA) is 29.9 Å². The Kier molecular flexibility index (Phi) is 4.55. The van der Waals surface area contributed by atoms with Crippen LogP contribution in [0.5, 0.6) is 0 Å². The fourth-order valence-electron chi connectivity index (χ4n) is 2.20. The third-order valence-corrected chi connectivity index (χ3v) is 4.02. The number of aryl methyl sites for hydroxylation is 2. The Morgan fingerprint density at radius 2 is 2.28 bits per heavy atom. The van der Waals surface area contributed by atoms with Crippen molar-refractivity contribution >= 4 is 11.3 Å². The molecule has 1 unspecified atom stereocenters. The van der Waals surface area contributed by atoms with E-state index in [4.69, 9.17) is 0 Å². The zero-order valence-electron chi connectivity index (χ0n) is 11.3. The molecule has 0 saturated heterocycles. The quantitative estimate of drug-likeness (QED) is 0.868. The minimum absolute atomic E-state index is 0.353. The van der Waals surface area contributed by atoms with Gasteiger partial charge in [0, 0.05) is 18.3 Å². The fourth-order valence-corrected chi connectivity index (χ4v) is 2.95. The van der Waals surface area contributed by atoms with Crippen LogP contribution < -0.4 is 5.32 Å². The van der Waals surface area contributed by atoms with E-state index in [1.807, 2.05) is 23.1 Å². The van der Waals surface area contributed by atoms with E-state index in [0.717, 1.165) is 19.4 Å². The Morgan fingerprint density at radius 3 is 2.83 bits per heavy atom. The molecule has 2 heterocycles. The average molecular weight is 263 g/mol. The molecule has 4 heteroatoms. The SMILES string of the molecule is CCNC(Cc1cccs1)c1cc(CC)nn1C. The van der Waals surface area contributed by atoms with Gasteiger partial charge in [0.25, 0.3) is 0 Å². The largest absolute Gasteiger partial charge is 0.309 e. The summed E-state index contributed by atoms with van der Waals surface area (Å²) in [5, 5.41) is 10.2. The summed E-state index contributed by atoms with van der Waals surface area (Å²) >= 11 is 1.82. The van der Waals surface area contributed by atoms with E-state index in [-0.39, 0.29) is 0 Å². The molecule has 2 aromatic heterocycles. The third kappa shape index (κ3) is 3.00. The number of aromatic nitrogens is 2. The molecule has 98 valence electrons. The van der Waals surface area contributed by atoms with Gasteiger partial charge in [-0.2, -0.15) is 5.10 Å². The van der Waals surface area contributed by atoms with Gasteiger partial charge in [0.2, 0.25) is 0 Å². The Balaban J connectivity index is 2.20. The van der Waals surface area contributed by atoms with Crippen molar-refractivity contribution in [2.24, 2.45) is 7.05 Å². The summed E-state index contributed by atoms with van der Waals surface area (Å²) in [6.45, 7) is 5.27. The first-order chi connectivity index (χ1) is 8.74. The van der Waals surface area contributed by atoms with Crippen molar-refractivity contribution in [3.63, 3.8) is 0 Å². The van der Waals surface area contributed by atoms with Crippen LogP contribution in [0.2, 0.25) is 0 Å². The molecule has 0 aromatic carbocycles. The predicted octanol–water partition coefficient (Wildman–Crippen LogP) is 2.94. The van der Waals surface area contributed by atoms with Gasteiger partial charge in [0.15, 0.2) is 0 Å². The summed E-state index contributed by atoms with van der Waals surface area (Å²) in [6.07, 6.45) is 2.03. The molecule has 0 saturated carbocycles. The second-order valence-electron chi connectivity index (χ2n) is 4.43. The van der Waals surface area contributed by atoms with Gasteiger partial charge >= 0.3 is 0 Å². The van der Waals surface area contributed by atoms with Gasteiger partial charge < -0.3 is 5.32 Å². The molecule has 18 heavy (non-hydrogen) atoms. The van der Waals surface area contributed by atoms with E-state index in [2.05, 4.69) is 47.8 Å². The van der Waals surface area contributed by atoms with Crippen LogP contribution in [-0.4, -0.2) is 16.3 Å². The van der Waals surface area contributed by atoms with Crippen LogP contribution in [0.3, 0.4) is 0 Å². The van der Waals surface area contributed by atoms with Crippen molar-refractivity contribution in [1.29, 1.82) is 0 Å². The molecule has 1 N–H and O–H groups in total. The van der Waals surface area contributed by atoms with Crippen LogP contribution in [0.25, 0.3) is 0 Å². The van der Waals surface area contributed by atoms with Crippen LogP contribution in [0.1, 0.15) is 36.2 Å². The first kappa shape index (κ1) is 13.3. The molecule has 3 nitrogen and oxygen atoms in total. The number of thiophene rings is 1. The predicted molar refractivity (Wildman–Crippen MR) is 77.0 cm³/mol. The minimum Gasteiger partial charge on any atom is -0.309 e. The summed E-state index contributed by atoms with van der Waals surface area (Å²) in [5.74, 6) is 0. The van der Waals surface area contributed by atoms with Crippen molar-refractivity contribution in [3.8, 4) is 0 Å². The smallest absolute Gasteiger partial charge is 0.0625 e. The number of likely N-dealkylation sites (N-methyl/N-ethyl adjacent to an activating group) is 1. The maximum atomic E-state index is 4.54. The third-order valence-electron chi connectivity index (χ3n) is 3.12. The maximum absolute atomic E-state index is 4.54. The van der Waals surface area contributed by atoms with Gasteiger partial charge in [-0.3, -0.25) is 4.68 Å². The van der Waals surface area contributed by atoms with Gasteiger partial charge in [-0.25, -0.2) is 0 Å². The second-order valence-corrected chi connectivity index (χ2v) is 5.46. The zero-order valence-corrected chi connectivity index (χ0v) is 12.1. The standard InChI is InChI=1S/C14H21N3S/c1-4-11-9-14(17(3)16-11)13(15-5-2)10-12-7-6-8-18-12/h6-9,13,15H,4-5,10H2,1-3H3. The number of hydrogen-bond donors (Lipinski definition) is 1. The molecule has 0 spiro atoms. The lowest BCUT2D eigenvalue weighted by molar-refractivity contribution is 0.510. The Hall–Kier alpha value is -1.13. The highest BCUT2D eigenvalue weighted by atomic mass is 32.1. The van der Waals surface area contributed by atoms with Crippen LogP contribution in [-0.2, 0) is 19.9 Å². The molecule has 0 aliphatic heterocycles. The molecule has 0 bridgehead atoms. The summed E-state index contributed by atoms with van der Waals surface area (Å²) in [4.78, 5) is 1.42. The summed E-state index contributed by atoms with van der Waals surface area (Å²) in [7, 11) is 2.03. The first-order valence-corrected chi connectivity index (χ1v) is 7.41. The van der Waals surface area contributed by atoms with Gasteiger partial charge in [-0.15, -0.1) is 11.3 Å². The van der Waals surface area contributed by atoms with Crippen LogP contribution in [0, 0.1) is 0 Å². The van der Waals surface area contributed by atoms with Crippen molar-refractivity contribution in [1.82, 2.24) is 15.1 Å². The number of nitrogens with zero attached hydrogens (tertiary/aromatic N) is 2. The molecule has 2 aromatic rings. The molecule has 0 aliphatic carbocycles. The van der Waals surface area contributed by atoms with E-state index in [0.29, 0.717) is 6.04 Å². The number of nitrogens with one attached hydrogen (secondary N) is 1. The van der Waals surface area contributed by atoms with Gasteiger partial charge in [-0.1, -0.05) is 19.9 Å². The lowest BCUT2D eigenvalue weighted by atomic mass is 10.1. The number of hydrogen-bond acceptors (Lipinski definition) is 3. The Morgan fingerprint density at radius 1 is 1.44 bits per heavy atom. The molecule has 1 atom stereocenters. The first-order valence-electron chi connectivity index (χ1n) is 6.53. The van der Waals surface area contributed by atoms with Gasteiger partial charge in [0.1, 0.15) is 0 Å². The molecular weight excluding hydrogens is 242 g/mol. The van der Waals surface area contributed by atoms with E-state index in [1.165, 1.54) is 16.3 Å². The average Bonchev–Trinajstić information content (AvgIpc) is 2.98. The van der Waals surface area contributed by atoms with Crippen molar-refractivity contribution in [2.45, 2.75) is 32.7 Å². The summed E-state index contributed by atoms with van der Waals surface area (Å²) < 4.78 is 2.01. The lowest BCUT2D eigenvalue weighted by Crippen LogP contribution is -2.24. The Labute approximate surface area is 113 Å². The monoisotopic (exact) mass is 263 g/mol. The van der Waals surface area contributed by atoms with Crippen LogP contribution in [0.15, 0.2) is 23.6 Å². The second kappa shape index (κ2) is 6.16. The van der Waals surface area contributed by atoms with Gasteiger partial charge in [0.05, 0.1) is 17.4 Å². The molecule has 2 rings (SSSR count). The van der Waals surface area contributed by atoms with E-state index in [1.54, 1.807) is 0 Å². The minimum atomic E-state index is 0.353. The van der Waals surface area contributed by atoms with E-state index >= 15 is 0 Å². The highest BCUT2D eigenvalue weighted by Crippen LogP contribution is 2.21. The fraction of sp³-hybridized carbons (Fsp3) is 0.500. The zero-order chi connectivity index (χ0) is 13.0. The molecule has 0 amide bonds. The van der Waals surface area contributed by atoms with Gasteiger partial charge in [-0.05, 0) is 30.5 Å². The summed E-state index contributed by atoms with van der Waals surface area (Å²) in [5.41, 5.74) is 2.45. The maximum Gasteiger partial charge on any atom is 0.0625 e. The van der Waals surface area contributed by atoms with Crippen LogP contribution in [0.4, 0.5) is 0 Å². The van der Waals surface area contributed by atoms with E-state index in [9.17, 15) is 0 Å². The van der Waals surface area contributed by atoms with Crippen molar-refractivity contribution in [3.05, 3.63) is 39.8 Å². The highest BCUT2D eigenvalue weighted by molar-refractivity contribution is 7.09. The van der Waals surface area contributed by atoms with Crippen molar-refractivity contribution in [2.75, 3.05) is 6.54 Å². The Bertz CT molecular complexity index is 473. The normalized spacial score (nSPS) is 12.8.